The molecule has 24 heavy (non-hydrogen) atoms. The highest BCUT2D eigenvalue weighted by Crippen LogP contribution is 2.27. The maximum Gasteiger partial charge on any atom is 0.276 e. The van der Waals surface area contributed by atoms with Crippen molar-refractivity contribution in [1.29, 1.82) is 0 Å². The predicted octanol–water partition coefficient (Wildman–Crippen LogP) is 4.41. The van der Waals surface area contributed by atoms with Gasteiger partial charge in [0.25, 0.3) is 5.89 Å². The van der Waals surface area contributed by atoms with Crippen LogP contribution in [0, 0.1) is 13.8 Å². The van der Waals surface area contributed by atoms with Crippen molar-refractivity contribution >= 4 is 0 Å². The fourth-order valence-corrected chi connectivity index (χ4v) is 2.70. The Kier molecular flexibility index (Phi) is 3.46. The Hall–Kier alpha value is -3.21. The van der Waals surface area contributed by atoms with E-state index in [1.807, 2.05) is 55.5 Å². The number of aryl methyl sites for hydroxylation is 2. The predicted molar refractivity (Wildman–Crippen MR) is 92.2 cm³/mol. The van der Waals surface area contributed by atoms with Gasteiger partial charge in [0.05, 0.1) is 5.69 Å². The smallest absolute Gasteiger partial charge is 0.276 e. The second kappa shape index (κ2) is 5.77. The van der Waals surface area contributed by atoms with E-state index in [1.54, 1.807) is 0 Å². The van der Waals surface area contributed by atoms with Gasteiger partial charge >= 0.3 is 0 Å². The summed E-state index contributed by atoms with van der Waals surface area (Å²) in [5, 5.41) is 11.4. The van der Waals surface area contributed by atoms with Crippen molar-refractivity contribution in [3.8, 4) is 34.2 Å². The van der Waals surface area contributed by atoms with Crippen LogP contribution in [0.15, 0.2) is 59.1 Å². The molecule has 0 fully saturated rings. The average molecular weight is 316 g/mol. The van der Waals surface area contributed by atoms with Crippen molar-refractivity contribution in [3.05, 3.63) is 65.7 Å². The molecule has 2 aromatic carbocycles. The highest BCUT2D eigenvalue weighted by atomic mass is 16.5. The minimum atomic E-state index is 0.431. The zero-order valence-corrected chi connectivity index (χ0v) is 13.4. The van der Waals surface area contributed by atoms with Gasteiger partial charge < -0.3 is 4.52 Å². The quantitative estimate of drug-likeness (QED) is 0.608. The van der Waals surface area contributed by atoms with Gasteiger partial charge in [-0.25, -0.2) is 0 Å². The third-order valence-electron chi connectivity index (χ3n) is 4.04. The monoisotopic (exact) mass is 316 g/mol. The first-order valence-electron chi connectivity index (χ1n) is 7.74. The van der Waals surface area contributed by atoms with Crippen LogP contribution in [0.25, 0.3) is 34.2 Å². The Morgan fingerprint density at radius 3 is 2.25 bits per heavy atom. The van der Waals surface area contributed by atoms with Crippen molar-refractivity contribution in [2.24, 2.45) is 0 Å². The molecule has 5 nitrogen and oxygen atoms in total. The minimum Gasteiger partial charge on any atom is -0.332 e. The molecule has 0 atom stereocenters. The topological polar surface area (TPSA) is 67.6 Å². The summed E-state index contributed by atoms with van der Waals surface area (Å²) < 4.78 is 5.41. The van der Waals surface area contributed by atoms with Crippen molar-refractivity contribution in [1.82, 2.24) is 20.3 Å². The molecule has 1 N–H and O–H groups in total. The van der Waals surface area contributed by atoms with Crippen LogP contribution in [0.2, 0.25) is 0 Å². The van der Waals surface area contributed by atoms with E-state index in [4.69, 9.17) is 4.52 Å². The molecule has 4 aromatic rings. The van der Waals surface area contributed by atoms with E-state index in [-0.39, 0.29) is 0 Å². The first-order valence-corrected chi connectivity index (χ1v) is 7.74. The molecule has 5 heteroatoms. The Morgan fingerprint density at radius 2 is 1.54 bits per heavy atom. The second-order valence-corrected chi connectivity index (χ2v) is 5.72. The lowest BCUT2D eigenvalue weighted by atomic mass is 10.1. The van der Waals surface area contributed by atoms with Crippen LogP contribution < -0.4 is 0 Å². The lowest BCUT2D eigenvalue weighted by Gasteiger charge is -1.99. The van der Waals surface area contributed by atoms with Gasteiger partial charge in [0, 0.05) is 11.1 Å². The van der Waals surface area contributed by atoms with E-state index in [1.165, 1.54) is 5.56 Å². The Morgan fingerprint density at radius 1 is 0.875 bits per heavy atom. The van der Waals surface area contributed by atoms with E-state index >= 15 is 0 Å². The summed E-state index contributed by atoms with van der Waals surface area (Å²) in [5.41, 5.74) is 5.89. The summed E-state index contributed by atoms with van der Waals surface area (Å²) in [6, 6.07) is 18.0. The van der Waals surface area contributed by atoms with Gasteiger partial charge in [-0.1, -0.05) is 53.7 Å². The number of aromatic nitrogens is 4. The lowest BCUT2D eigenvalue weighted by Crippen LogP contribution is -1.84. The molecular weight excluding hydrogens is 300 g/mol. The summed E-state index contributed by atoms with van der Waals surface area (Å²) in [6.07, 6.45) is 0. The fourth-order valence-electron chi connectivity index (χ4n) is 2.70. The van der Waals surface area contributed by atoms with Gasteiger partial charge in [-0.3, -0.25) is 5.10 Å². The fraction of sp³-hybridized carbons (Fsp3) is 0.105. The van der Waals surface area contributed by atoms with E-state index in [2.05, 4.69) is 33.3 Å². The van der Waals surface area contributed by atoms with E-state index in [0.29, 0.717) is 17.4 Å². The lowest BCUT2D eigenvalue weighted by molar-refractivity contribution is 0.431. The summed E-state index contributed by atoms with van der Waals surface area (Å²) in [5.74, 6) is 1.01. The molecule has 0 amide bonds. The van der Waals surface area contributed by atoms with Gasteiger partial charge in [0.2, 0.25) is 5.82 Å². The van der Waals surface area contributed by atoms with Crippen LogP contribution in [0.3, 0.4) is 0 Å². The molecule has 0 unspecified atom stereocenters. The van der Waals surface area contributed by atoms with Gasteiger partial charge in [0.15, 0.2) is 0 Å². The Balaban J connectivity index is 1.69. The summed E-state index contributed by atoms with van der Waals surface area (Å²) in [7, 11) is 0. The van der Waals surface area contributed by atoms with Crippen LogP contribution in [0.4, 0.5) is 0 Å². The molecule has 0 radical (unpaired) electrons. The van der Waals surface area contributed by atoms with Crippen molar-refractivity contribution in [2.75, 3.05) is 0 Å². The highest BCUT2D eigenvalue weighted by Gasteiger charge is 2.15. The standard InChI is InChI=1S/C19H16N4O/c1-12-7-3-5-9-14(12)16-11-17(22-21-16)19-20-18(23-24-19)15-10-6-4-8-13(15)2/h3-11H,1-2H3,(H,21,22). The number of nitrogens with one attached hydrogen (secondary N) is 1. The summed E-state index contributed by atoms with van der Waals surface area (Å²) >= 11 is 0. The third kappa shape index (κ3) is 2.50. The van der Waals surface area contributed by atoms with Crippen LogP contribution >= 0.6 is 0 Å². The molecule has 0 saturated carbocycles. The number of hydrogen-bond acceptors (Lipinski definition) is 4. The van der Waals surface area contributed by atoms with Crippen molar-refractivity contribution in [3.63, 3.8) is 0 Å². The molecule has 0 spiro atoms. The van der Waals surface area contributed by atoms with Crippen molar-refractivity contribution < 1.29 is 4.52 Å². The number of hydrogen-bond donors (Lipinski definition) is 1. The van der Waals surface area contributed by atoms with E-state index in [0.717, 1.165) is 22.4 Å². The largest absolute Gasteiger partial charge is 0.332 e. The third-order valence-corrected chi connectivity index (χ3v) is 4.04. The maximum absolute atomic E-state index is 5.41. The molecule has 0 aliphatic rings. The molecule has 0 aliphatic heterocycles. The molecule has 118 valence electrons. The molecule has 2 aromatic heterocycles. The highest BCUT2D eigenvalue weighted by molar-refractivity contribution is 5.68. The van der Waals surface area contributed by atoms with Crippen LogP contribution in [0.5, 0.6) is 0 Å². The first-order chi connectivity index (χ1) is 11.7. The van der Waals surface area contributed by atoms with Gasteiger partial charge in [0.1, 0.15) is 5.69 Å². The number of aromatic amines is 1. The normalized spacial score (nSPS) is 10.9. The van der Waals surface area contributed by atoms with Crippen LogP contribution in [-0.2, 0) is 0 Å². The second-order valence-electron chi connectivity index (χ2n) is 5.72. The number of rotatable bonds is 3. The van der Waals surface area contributed by atoms with E-state index < -0.39 is 0 Å². The molecule has 2 heterocycles. The van der Waals surface area contributed by atoms with Gasteiger partial charge in [-0.15, -0.1) is 0 Å². The molecule has 0 saturated heterocycles. The van der Waals surface area contributed by atoms with Crippen molar-refractivity contribution in [2.45, 2.75) is 13.8 Å². The Bertz CT molecular complexity index is 918. The van der Waals surface area contributed by atoms with Gasteiger partial charge in [-0.2, -0.15) is 10.1 Å². The summed E-state index contributed by atoms with van der Waals surface area (Å²) in [4.78, 5) is 4.49. The zero-order chi connectivity index (χ0) is 16.5. The molecule has 4 rings (SSSR count). The maximum atomic E-state index is 5.41. The van der Waals surface area contributed by atoms with Crippen LogP contribution in [-0.4, -0.2) is 20.3 Å². The minimum absolute atomic E-state index is 0.431. The first kappa shape index (κ1) is 14.4. The van der Waals surface area contributed by atoms with Gasteiger partial charge in [-0.05, 0) is 31.0 Å². The zero-order valence-electron chi connectivity index (χ0n) is 13.4. The number of benzene rings is 2. The number of H-pyrrole nitrogens is 1. The molecule has 0 aliphatic carbocycles. The molecular formula is C19H16N4O. The van der Waals surface area contributed by atoms with Crippen LogP contribution in [0.1, 0.15) is 11.1 Å². The average Bonchev–Trinajstić information content (AvgIpc) is 3.25. The Labute approximate surface area is 139 Å². The number of nitrogens with zero attached hydrogens (tertiary/aromatic N) is 3. The van der Waals surface area contributed by atoms with E-state index in [9.17, 15) is 0 Å². The SMILES string of the molecule is Cc1ccccc1-c1cc(-c2nc(-c3ccccc3C)no2)[nH]n1. The summed E-state index contributed by atoms with van der Waals surface area (Å²) in [6.45, 7) is 4.09. The molecule has 0 bridgehead atoms.